The smallest absolute Gasteiger partial charge is 0.232 e. The third-order valence-corrected chi connectivity index (χ3v) is 6.49. The average molecular weight is 395 g/mol. The van der Waals surface area contributed by atoms with Gasteiger partial charge in [0, 0.05) is 17.9 Å². The van der Waals surface area contributed by atoms with Crippen LogP contribution >= 0.6 is 0 Å². The Bertz CT molecular complexity index is 1030. The van der Waals surface area contributed by atoms with E-state index in [1.165, 1.54) is 0 Å². The first-order valence-corrected chi connectivity index (χ1v) is 11.1. The lowest BCUT2D eigenvalue weighted by Crippen LogP contribution is -2.23. The zero-order chi connectivity index (χ0) is 19.4. The average Bonchev–Trinajstić information content (AvgIpc) is 3.06. The van der Waals surface area contributed by atoms with Crippen LogP contribution in [0, 0.1) is 0 Å². The normalized spacial score (nSPS) is 17.9. The highest BCUT2D eigenvalue weighted by atomic mass is 32.2. The van der Waals surface area contributed by atoms with Crippen LogP contribution in [0.25, 0.3) is 0 Å². The highest BCUT2D eigenvalue weighted by Gasteiger charge is 2.28. The molecule has 1 atom stereocenters. The molecule has 0 saturated carbocycles. The second-order valence-corrected chi connectivity index (χ2v) is 9.12. The molecule has 4 rings (SSSR count). The molecule has 144 valence electrons. The molecule has 1 aromatic heterocycles. The highest BCUT2D eigenvalue weighted by Crippen LogP contribution is 2.25. The topological polar surface area (TPSA) is 75.2 Å². The van der Waals surface area contributed by atoms with Gasteiger partial charge in [-0.15, -0.1) is 0 Å². The number of benzene rings is 2. The number of hydrogen-bond acceptors (Lipinski definition) is 6. The van der Waals surface area contributed by atoms with E-state index in [2.05, 4.69) is 27.4 Å². The maximum Gasteiger partial charge on any atom is 0.232 e. The first-order chi connectivity index (χ1) is 13.6. The molecule has 0 amide bonds. The van der Waals surface area contributed by atoms with E-state index in [4.69, 9.17) is 0 Å². The summed E-state index contributed by atoms with van der Waals surface area (Å²) in [5, 5.41) is 3.25. The summed E-state index contributed by atoms with van der Waals surface area (Å²) >= 11 is 0. The Balaban J connectivity index is 1.61. The van der Waals surface area contributed by atoms with Crippen LogP contribution in [0.3, 0.4) is 0 Å². The quantitative estimate of drug-likeness (QED) is 0.691. The lowest BCUT2D eigenvalue weighted by atomic mass is 10.2. The molecule has 0 aliphatic carbocycles. The SMILES string of the molecule is O=S1(=O)CCC(Nc2ccnc(N(Cc3ccccc3)c3ccccc3)n2)C1. The maximum absolute atomic E-state index is 11.7. The van der Waals surface area contributed by atoms with Gasteiger partial charge in [0.15, 0.2) is 9.84 Å². The molecule has 1 N–H and O–H groups in total. The summed E-state index contributed by atoms with van der Waals surface area (Å²) in [6, 6.07) is 21.8. The number of sulfone groups is 1. The number of hydrogen-bond donors (Lipinski definition) is 1. The van der Waals surface area contributed by atoms with Gasteiger partial charge in [0.25, 0.3) is 0 Å². The minimum atomic E-state index is -2.94. The lowest BCUT2D eigenvalue weighted by molar-refractivity contribution is 0.602. The van der Waals surface area contributed by atoms with Gasteiger partial charge in [0.05, 0.1) is 18.1 Å². The van der Waals surface area contributed by atoms with E-state index >= 15 is 0 Å². The molecule has 1 aliphatic rings. The molecule has 6 nitrogen and oxygen atoms in total. The maximum atomic E-state index is 11.7. The highest BCUT2D eigenvalue weighted by molar-refractivity contribution is 7.91. The van der Waals surface area contributed by atoms with Crippen LogP contribution in [-0.2, 0) is 16.4 Å². The summed E-state index contributed by atoms with van der Waals surface area (Å²) < 4.78 is 23.4. The Morgan fingerprint density at radius 3 is 2.39 bits per heavy atom. The first-order valence-electron chi connectivity index (χ1n) is 9.26. The zero-order valence-corrected chi connectivity index (χ0v) is 16.2. The van der Waals surface area contributed by atoms with E-state index in [0.717, 1.165) is 11.3 Å². The van der Waals surface area contributed by atoms with E-state index in [0.29, 0.717) is 24.7 Å². The van der Waals surface area contributed by atoms with Gasteiger partial charge in [0.1, 0.15) is 5.82 Å². The van der Waals surface area contributed by atoms with Crippen molar-refractivity contribution in [2.75, 3.05) is 21.7 Å². The fraction of sp³-hybridized carbons (Fsp3) is 0.238. The molecule has 28 heavy (non-hydrogen) atoms. The predicted molar refractivity (Wildman–Crippen MR) is 111 cm³/mol. The number of aromatic nitrogens is 2. The van der Waals surface area contributed by atoms with Crippen LogP contribution in [0.2, 0.25) is 0 Å². The molecular weight excluding hydrogens is 372 g/mol. The number of para-hydroxylation sites is 1. The second-order valence-electron chi connectivity index (χ2n) is 6.89. The van der Waals surface area contributed by atoms with Gasteiger partial charge < -0.3 is 10.2 Å². The largest absolute Gasteiger partial charge is 0.366 e. The van der Waals surface area contributed by atoms with Gasteiger partial charge in [-0.25, -0.2) is 13.4 Å². The monoisotopic (exact) mass is 394 g/mol. The molecule has 2 aromatic carbocycles. The molecule has 7 heteroatoms. The van der Waals surface area contributed by atoms with Crippen LogP contribution in [0.1, 0.15) is 12.0 Å². The molecule has 0 spiro atoms. The van der Waals surface area contributed by atoms with Crippen LogP contribution in [0.5, 0.6) is 0 Å². The minimum Gasteiger partial charge on any atom is -0.366 e. The van der Waals surface area contributed by atoms with Crippen molar-refractivity contribution in [1.29, 1.82) is 0 Å². The van der Waals surface area contributed by atoms with Crippen molar-refractivity contribution < 1.29 is 8.42 Å². The van der Waals surface area contributed by atoms with Crippen LogP contribution in [-0.4, -0.2) is 35.9 Å². The number of rotatable bonds is 6. The number of nitrogens with zero attached hydrogens (tertiary/aromatic N) is 3. The van der Waals surface area contributed by atoms with Gasteiger partial charge in [0.2, 0.25) is 5.95 Å². The lowest BCUT2D eigenvalue weighted by Gasteiger charge is -2.23. The summed E-state index contributed by atoms with van der Waals surface area (Å²) in [5.74, 6) is 1.59. The van der Waals surface area contributed by atoms with Gasteiger partial charge in [-0.3, -0.25) is 0 Å². The zero-order valence-electron chi connectivity index (χ0n) is 15.4. The number of anilines is 3. The van der Waals surface area contributed by atoms with Crippen molar-refractivity contribution in [2.45, 2.75) is 19.0 Å². The number of nitrogens with one attached hydrogen (secondary N) is 1. The van der Waals surface area contributed by atoms with Crippen LogP contribution < -0.4 is 10.2 Å². The molecule has 0 bridgehead atoms. The van der Waals surface area contributed by atoms with Crippen molar-refractivity contribution in [3.05, 3.63) is 78.5 Å². The molecule has 1 unspecified atom stereocenters. The molecule has 3 aromatic rings. The molecular formula is C21H22N4O2S. The second kappa shape index (κ2) is 7.98. The van der Waals surface area contributed by atoms with Crippen molar-refractivity contribution in [2.24, 2.45) is 0 Å². The third kappa shape index (κ3) is 4.48. The van der Waals surface area contributed by atoms with E-state index in [-0.39, 0.29) is 17.5 Å². The molecule has 1 fully saturated rings. The Morgan fingerprint density at radius 1 is 1.00 bits per heavy atom. The van der Waals surface area contributed by atoms with Crippen molar-refractivity contribution >= 4 is 27.3 Å². The fourth-order valence-corrected chi connectivity index (χ4v) is 5.00. The van der Waals surface area contributed by atoms with Crippen molar-refractivity contribution in [3.63, 3.8) is 0 Å². The van der Waals surface area contributed by atoms with E-state index in [1.54, 1.807) is 12.3 Å². The molecule has 1 saturated heterocycles. The summed E-state index contributed by atoms with van der Waals surface area (Å²) in [4.78, 5) is 11.2. The summed E-state index contributed by atoms with van der Waals surface area (Å²) in [6.07, 6.45) is 2.31. The standard InChI is InChI=1S/C21H22N4O2S/c26-28(27)14-12-18(16-28)23-20-11-13-22-21(24-20)25(19-9-5-2-6-10-19)15-17-7-3-1-4-8-17/h1-11,13,18H,12,14-16H2,(H,22,23,24). The van der Waals surface area contributed by atoms with E-state index < -0.39 is 9.84 Å². The summed E-state index contributed by atoms with van der Waals surface area (Å²) in [6.45, 7) is 0.631. The van der Waals surface area contributed by atoms with Crippen LogP contribution in [0.4, 0.5) is 17.5 Å². The molecule has 0 radical (unpaired) electrons. The van der Waals surface area contributed by atoms with Gasteiger partial charge in [-0.1, -0.05) is 48.5 Å². The van der Waals surface area contributed by atoms with E-state index in [1.807, 2.05) is 53.4 Å². The Kier molecular flexibility index (Phi) is 5.25. The fourth-order valence-electron chi connectivity index (χ4n) is 3.33. The molecule has 1 aliphatic heterocycles. The van der Waals surface area contributed by atoms with Gasteiger partial charge in [-0.05, 0) is 30.2 Å². The Labute approximate surface area is 165 Å². The minimum absolute atomic E-state index is 0.105. The van der Waals surface area contributed by atoms with Crippen molar-refractivity contribution in [1.82, 2.24) is 9.97 Å². The first kappa shape index (κ1) is 18.4. The predicted octanol–water partition coefficient (Wildman–Crippen LogP) is 3.41. The summed E-state index contributed by atoms with van der Waals surface area (Å²) in [7, 11) is -2.94. The molecule has 2 heterocycles. The van der Waals surface area contributed by atoms with Gasteiger partial charge in [-0.2, -0.15) is 4.98 Å². The van der Waals surface area contributed by atoms with E-state index in [9.17, 15) is 8.42 Å². The Hall–Kier alpha value is -2.93. The van der Waals surface area contributed by atoms with Crippen molar-refractivity contribution in [3.8, 4) is 0 Å². The third-order valence-electron chi connectivity index (χ3n) is 4.72. The van der Waals surface area contributed by atoms with Gasteiger partial charge >= 0.3 is 0 Å². The summed E-state index contributed by atoms with van der Waals surface area (Å²) in [5.41, 5.74) is 2.14. The van der Waals surface area contributed by atoms with Crippen LogP contribution in [0.15, 0.2) is 72.9 Å². The Morgan fingerprint density at radius 2 is 1.71 bits per heavy atom.